The number of thiazole rings is 1. The number of carbonyl (C=O) groups is 1. The molecule has 10 heteroatoms. The Morgan fingerprint density at radius 2 is 1.93 bits per heavy atom. The topological polar surface area (TPSA) is 80.0 Å². The summed E-state index contributed by atoms with van der Waals surface area (Å²) in [7, 11) is 1.31. The number of hydrogen-bond donors (Lipinski definition) is 2. The Bertz CT molecular complexity index is 923. The molecule has 3 rings (SSSR count). The zero-order chi connectivity index (χ0) is 19.7. The molecule has 3 aromatic rings. The summed E-state index contributed by atoms with van der Waals surface area (Å²) in [5.74, 6) is -1.64. The molecule has 0 bridgehead atoms. The zero-order valence-electron chi connectivity index (χ0n) is 14.1. The minimum absolute atomic E-state index is 0.310. The molecule has 0 aliphatic heterocycles. The van der Waals surface area contributed by atoms with Crippen LogP contribution in [0.15, 0.2) is 48.2 Å². The van der Waals surface area contributed by atoms with E-state index in [4.69, 9.17) is 0 Å². The molecule has 2 N–H and O–H groups in total. The number of anilines is 1. The number of alkyl halides is 3. The number of nitrogens with zero attached hydrogens (tertiary/aromatic N) is 3. The number of carbonyl (C=O) groups excluding carboxylic acids is 1. The van der Waals surface area contributed by atoms with Gasteiger partial charge in [-0.25, -0.2) is 9.97 Å². The van der Waals surface area contributed by atoms with Crippen molar-refractivity contribution in [2.45, 2.75) is 18.2 Å². The number of benzene rings is 1. The summed E-state index contributed by atoms with van der Waals surface area (Å²) in [5, 5.41) is 15.2. The summed E-state index contributed by atoms with van der Waals surface area (Å²) < 4.78 is 41.4. The van der Waals surface area contributed by atoms with Gasteiger partial charge < -0.3 is 15.0 Å². The van der Waals surface area contributed by atoms with Gasteiger partial charge in [0.25, 0.3) is 0 Å². The third-order valence-electron chi connectivity index (χ3n) is 3.92. The molecule has 2 heterocycles. The number of aromatic nitrogens is 3. The standard InChI is InChI=1S/C17H15F3N4O2S/c1-24-8-6-22-15(24)16(26,17(18,19)20)10-13(25)23-12-4-2-11(3-5-12)14-21-7-9-27-14/h2-9,26H,10H2,1H3,(H,23,25). The van der Waals surface area contributed by atoms with E-state index in [2.05, 4.69) is 15.3 Å². The van der Waals surface area contributed by atoms with Crippen LogP contribution in [0.3, 0.4) is 0 Å². The molecule has 0 saturated heterocycles. The first-order chi connectivity index (χ1) is 12.7. The fraction of sp³-hybridized carbons (Fsp3) is 0.235. The number of nitrogens with one attached hydrogen (secondary N) is 1. The predicted molar refractivity (Wildman–Crippen MR) is 94.0 cm³/mol. The summed E-state index contributed by atoms with van der Waals surface area (Å²) in [4.78, 5) is 19.9. The molecule has 1 aromatic carbocycles. The van der Waals surface area contributed by atoms with Crippen LogP contribution < -0.4 is 5.32 Å². The molecule has 0 aliphatic carbocycles. The van der Waals surface area contributed by atoms with E-state index < -0.39 is 29.9 Å². The molecule has 0 aliphatic rings. The van der Waals surface area contributed by atoms with Crippen molar-refractivity contribution in [3.63, 3.8) is 0 Å². The largest absolute Gasteiger partial charge is 0.425 e. The highest BCUT2D eigenvalue weighted by Crippen LogP contribution is 2.40. The highest BCUT2D eigenvalue weighted by atomic mass is 32.1. The van der Waals surface area contributed by atoms with Crippen LogP contribution in [0, 0.1) is 0 Å². The van der Waals surface area contributed by atoms with Crippen molar-refractivity contribution in [2.24, 2.45) is 7.05 Å². The molecule has 2 aromatic heterocycles. The Balaban J connectivity index is 1.76. The Labute approximate surface area is 156 Å². The van der Waals surface area contributed by atoms with E-state index in [1.165, 1.54) is 24.6 Å². The van der Waals surface area contributed by atoms with Crippen LogP contribution in [0.5, 0.6) is 0 Å². The highest BCUT2D eigenvalue weighted by Gasteiger charge is 2.58. The molecule has 27 heavy (non-hydrogen) atoms. The second-order valence-electron chi connectivity index (χ2n) is 5.86. The van der Waals surface area contributed by atoms with E-state index in [-0.39, 0.29) is 0 Å². The summed E-state index contributed by atoms with van der Waals surface area (Å²) in [6.07, 6.45) is -2.23. The van der Waals surface area contributed by atoms with E-state index in [9.17, 15) is 23.1 Å². The molecule has 1 atom stereocenters. The molecule has 1 unspecified atom stereocenters. The Morgan fingerprint density at radius 1 is 1.22 bits per heavy atom. The minimum Gasteiger partial charge on any atom is -0.374 e. The third kappa shape index (κ3) is 3.86. The Morgan fingerprint density at radius 3 is 2.44 bits per heavy atom. The number of hydrogen-bond acceptors (Lipinski definition) is 5. The summed E-state index contributed by atoms with van der Waals surface area (Å²) in [6.45, 7) is 0. The molecule has 1 amide bonds. The molecular weight excluding hydrogens is 381 g/mol. The fourth-order valence-electron chi connectivity index (χ4n) is 2.57. The highest BCUT2D eigenvalue weighted by molar-refractivity contribution is 7.13. The first-order valence-electron chi connectivity index (χ1n) is 7.77. The van der Waals surface area contributed by atoms with Gasteiger partial charge in [-0.05, 0) is 24.3 Å². The van der Waals surface area contributed by atoms with Crippen molar-refractivity contribution in [1.29, 1.82) is 0 Å². The van der Waals surface area contributed by atoms with Gasteiger partial charge in [0.05, 0.1) is 6.42 Å². The average Bonchev–Trinajstić information content (AvgIpc) is 3.26. The lowest BCUT2D eigenvalue weighted by Gasteiger charge is -2.29. The maximum atomic E-state index is 13.5. The molecule has 0 spiro atoms. The van der Waals surface area contributed by atoms with Gasteiger partial charge >= 0.3 is 6.18 Å². The second kappa shape index (κ2) is 7.12. The van der Waals surface area contributed by atoms with Crippen molar-refractivity contribution in [3.8, 4) is 10.6 Å². The number of imidazole rings is 1. The lowest BCUT2D eigenvalue weighted by Crippen LogP contribution is -2.46. The molecule has 6 nitrogen and oxygen atoms in total. The molecule has 0 saturated carbocycles. The lowest BCUT2D eigenvalue weighted by atomic mass is 9.97. The van der Waals surface area contributed by atoms with Gasteiger partial charge in [0.2, 0.25) is 11.5 Å². The van der Waals surface area contributed by atoms with Crippen LogP contribution in [0.25, 0.3) is 10.6 Å². The van der Waals surface area contributed by atoms with Crippen molar-refractivity contribution in [2.75, 3.05) is 5.32 Å². The normalized spacial score (nSPS) is 14.0. The Kier molecular flexibility index (Phi) is 5.03. The molecule has 142 valence electrons. The fourth-order valence-corrected chi connectivity index (χ4v) is 3.21. The van der Waals surface area contributed by atoms with E-state index in [1.807, 2.05) is 5.38 Å². The van der Waals surface area contributed by atoms with Crippen LogP contribution >= 0.6 is 11.3 Å². The SMILES string of the molecule is Cn1ccnc1C(O)(CC(=O)Nc1ccc(-c2nccs2)cc1)C(F)(F)F. The Hall–Kier alpha value is -2.72. The average molecular weight is 396 g/mol. The molecular formula is C17H15F3N4O2S. The first kappa shape index (κ1) is 19.1. The zero-order valence-corrected chi connectivity index (χ0v) is 14.9. The monoisotopic (exact) mass is 396 g/mol. The second-order valence-corrected chi connectivity index (χ2v) is 6.75. The van der Waals surface area contributed by atoms with Gasteiger partial charge in [0.15, 0.2) is 5.82 Å². The van der Waals surface area contributed by atoms with Crippen LogP contribution in [0.1, 0.15) is 12.2 Å². The van der Waals surface area contributed by atoms with Crippen LogP contribution in [-0.4, -0.2) is 31.7 Å². The number of aryl methyl sites for hydroxylation is 1. The van der Waals surface area contributed by atoms with E-state index in [0.717, 1.165) is 21.3 Å². The molecule has 0 fully saturated rings. The first-order valence-corrected chi connectivity index (χ1v) is 8.65. The van der Waals surface area contributed by atoms with Gasteiger partial charge in [-0.15, -0.1) is 11.3 Å². The number of aliphatic hydroxyl groups is 1. The maximum Gasteiger partial charge on any atom is 0.425 e. The lowest BCUT2D eigenvalue weighted by molar-refractivity contribution is -0.270. The van der Waals surface area contributed by atoms with E-state index >= 15 is 0 Å². The van der Waals surface area contributed by atoms with Crippen molar-refractivity contribution < 1.29 is 23.1 Å². The number of halogens is 3. The van der Waals surface area contributed by atoms with Gasteiger partial charge in [-0.1, -0.05) is 0 Å². The van der Waals surface area contributed by atoms with Crippen LogP contribution in [0.4, 0.5) is 18.9 Å². The molecule has 0 radical (unpaired) electrons. The summed E-state index contributed by atoms with van der Waals surface area (Å²) in [6, 6.07) is 6.51. The third-order valence-corrected chi connectivity index (χ3v) is 4.75. The van der Waals surface area contributed by atoms with E-state index in [1.54, 1.807) is 30.5 Å². The van der Waals surface area contributed by atoms with Gasteiger partial charge in [-0.2, -0.15) is 13.2 Å². The summed E-state index contributed by atoms with van der Waals surface area (Å²) >= 11 is 1.44. The maximum absolute atomic E-state index is 13.5. The van der Waals surface area contributed by atoms with Crippen molar-refractivity contribution in [1.82, 2.24) is 14.5 Å². The quantitative estimate of drug-likeness (QED) is 0.693. The number of amides is 1. The summed E-state index contributed by atoms with van der Waals surface area (Å²) in [5.41, 5.74) is -2.26. The van der Waals surface area contributed by atoms with Gasteiger partial charge in [-0.3, -0.25) is 4.79 Å². The van der Waals surface area contributed by atoms with Gasteiger partial charge in [0, 0.05) is 42.3 Å². The smallest absolute Gasteiger partial charge is 0.374 e. The van der Waals surface area contributed by atoms with E-state index in [0.29, 0.717) is 5.69 Å². The predicted octanol–water partition coefficient (Wildman–Crippen LogP) is 3.32. The van der Waals surface area contributed by atoms with Crippen molar-refractivity contribution in [3.05, 3.63) is 54.1 Å². The minimum atomic E-state index is -5.07. The van der Waals surface area contributed by atoms with Crippen molar-refractivity contribution >= 4 is 22.9 Å². The van der Waals surface area contributed by atoms with Gasteiger partial charge in [0.1, 0.15) is 5.01 Å². The number of rotatable bonds is 5. The van der Waals surface area contributed by atoms with Crippen LogP contribution in [-0.2, 0) is 17.4 Å². The van der Waals surface area contributed by atoms with Crippen LogP contribution in [0.2, 0.25) is 0 Å².